The van der Waals surface area contributed by atoms with E-state index in [0.717, 1.165) is 22.8 Å². The van der Waals surface area contributed by atoms with Gasteiger partial charge in [-0.3, -0.25) is 4.79 Å². The second-order valence-electron chi connectivity index (χ2n) is 4.85. The molecule has 2 aromatic rings. The van der Waals surface area contributed by atoms with Crippen LogP contribution >= 0.6 is 34.4 Å². The predicted octanol–water partition coefficient (Wildman–Crippen LogP) is 4.48. The number of amides is 1. The first-order valence-electron chi connectivity index (χ1n) is 6.85. The van der Waals surface area contributed by atoms with Crippen molar-refractivity contribution in [1.82, 2.24) is 0 Å². The quantitative estimate of drug-likeness (QED) is 0.691. The van der Waals surface area contributed by atoms with Crippen LogP contribution in [0.15, 0.2) is 42.5 Å². The van der Waals surface area contributed by atoms with Crippen LogP contribution in [-0.2, 0) is 10.5 Å². The molecule has 0 fully saturated rings. The van der Waals surface area contributed by atoms with Crippen molar-refractivity contribution < 1.29 is 9.53 Å². The SMILES string of the molecule is COc1ccc(CSCC(=O)Nc2ccc(I)cc2C)cc1. The molecule has 0 saturated carbocycles. The van der Waals surface area contributed by atoms with Crippen LogP contribution in [0.2, 0.25) is 0 Å². The maximum atomic E-state index is 12.0. The number of carbonyl (C=O) groups excluding carboxylic acids is 1. The van der Waals surface area contributed by atoms with Crippen molar-refractivity contribution in [1.29, 1.82) is 0 Å². The molecule has 2 aromatic carbocycles. The zero-order valence-corrected chi connectivity index (χ0v) is 15.5. The molecule has 0 spiro atoms. The summed E-state index contributed by atoms with van der Waals surface area (Å²) in [5.74, 6) is 2.13. The Hall–Kier alpha value is -1.21. The van der Waals surface area contributed by atoms with Gasteiger partial charge in [0.15, 0.2) is 0 Å². The molecule has 1 N–H and O–H groups in total. The topological polar surface area (TPSA) is 38.3 Å². The van der Waals surface area contributed by atoms with E-state index in [4.69, 9.17) is 4.74 Å². The largest absolute Gasteiger partial charge is 0.497 e. The Labute approximate surface area is 149 Å². The molecule has 0 unspecified atom stereocenters. The molecule has 0 aliphatic heterocycles. The fourth-order valence-corrected chi connectivity index (χ4v) is 3.37. The van der Waals surface area contributed by atoms with Gasteiger partial charge < -0.3 is 10.1 Å². The number of anilines is 1. The third-order valence-corrected chi connectivity index (χ3v) is 4.80. The van der Waals surface area contributed by atoms with Gasteiger partial charge in [0.05, 0.1) is 12.9 Å². The Kier molecular flexibility index (Phi) is 6.57. The lowest BCUT2D eigenvalue weighted by Crippen LogP contribution is -2.15. The molecule has 0 heterocycles. The van der Waals surface area contributed by atoms with Crippen molar-refractivity contribution in [2.45, 2.75) is 12.7 Å². The maximum Gasteiger partial charge on any atom is 0.234 e. The van der Waals surface area contributed by atoms with E-state index in [0.29, 0.717) is 5.75 Å². The minimum absolute atomic E-state index is 0.0304. The Balaban J connectivity index is 1.79. The Morgan fingerprint density at radius 1 is 1.23 bits per heavy atom. The molecule has 2 rings (SSSR count). The zero-order valence-electron chi connectivity index (χ0n) is 12.6. The second kappa shape index (κ2) is 8.43. The molecule has 0 aliphatic carbocycles. The maximum absolute atomic E-state index is 12.0. The molecule has 5 heteroatoms. The average Bonchev–Trinajstić information content (AvgIpc) is 2.51. The van der Waals surface area contributed by atoms with Crippen molar-refractivity contribution >= 4 is 45.9 Å². The number of carbonyl (C=O) groups is 1. The molecule has 116 valence electrons. The van der Waals surface area contributed by atoms with E-state index in [1.54, 1.807) is 18.9 Å². The zero-order chi connectivity index (χ0) is 15.9. The van der Waals surface area contributed by atoms with E-state index >= 15 is 0 Å². The summed E-state index contributed by atoms with van der Waals surface area (Å²) in [6, 6.07) is 13.9. The number of methoxy groups -OCH3 is 1. The molecular formula is C17H18INO2S. The Morgan fingerprint density at radius 3 is 2.59 bits per heavy atom. The number of halogens is 1. The van der Waals surface area contributed by atoms with Gasteiger partial charge in [0.2, 0.25) is 5.91 Å². The number of hydrogen-bond donors (Lipinski definition) is 1. The van der Waals surface area contributed by atoms with Crippen LogP contribution in [0.3, 0.4) is 0 Å². The summed E-state index contributed by atoms with van der Waals surface area (Å²) in [6.07, 6.45) is 0. The molecule has 0 bridgehead atoms. The first kappa shape index (κ1) is 17.1. The number of thioether (sulfide) groups is 1. The van der Waals surface area contributed by atoms with E-state index in [9.17, 15) is 4.79 Å². The molecule has 0 aliphatic rings. The van der Waals surface area contributed by atoms with Gasteiger partial charge in [-0.25, -0.2) is 0 Å². The molecule has 22 heavy (non-hydrogen) atoms. The standard InChI is InChI=1S/C17H18INO2S/c1-12-9-14(18)5-8-16(12)19-17(20)11-22-10-13-3-6-15(21-2)7-4-13/h3-9H,10-11H2,1-2H3,(H,19,20). The molecule has 0 saturated heterocycles. The normalized spacial score (nSPS) is 10.3. The van der Waals surface area contributed by atoms with E-state index in [-0.39, 0.29) is 5.91 Å². The smallest absolute Gasteiger partial charge is 0.234 e. The van der Waals surface area contributed by atoms with E-state index in [1.807, 2.05) is 43.3 Å². The van der Waals surface area contributed by atoms with Gasteiger partial charge >= 0.3 is 0 Å². The first-order chi connectivity index (χ1) is 10.6. The van der Waals surface area contributed by atoms with Crippen molar-refractivity contribution in [3.8, 4) is 5.75 Å². The fourth-order valence-electron chi connectivity index (χ4n) is 1.94. The Bertz CT molecular complexity index is 644. The second-order valence-corrected chi connectivity index (χ2v) is 7.08. The van der Waals surface area contributed by atoms with Gasteiger partial charge in [-0.2, -0.15) is 0 Å². The van der Waals surface area contributed by atoms with Gasteiger partial charge in [0, 0.05) is 15.0 Å². The summed E-state index contributed by atoms with van der Waals surface area (Å²) < 4.78 is 6.29. The molecule has 3 nitrogen and oxygen atoms in total. The highest BCUT2D eigenvalue weighted by Crippen LogP contribution is 2.19. The third kappa shape index (κ3) is 5.21. The lowest BCUT2D eigenvalue weighted by Gasteiger charge is -2.09. The lowest BCUT2D eigenvalue weighted by atomic mass is 10.2. The van der Waals surface area contributed by atoms with Crippen molar-refractivity contribution in [2.24, 2.45) is 0 Å². The molecule has 0 atom stereocenters. The highest BCUT2D eigenvalue weighted by Gasteiger charge is 2.05. The van der Waals surface area contributed by atoms with E-state index in [2.05, 4.69) is 34.0 Å². The van der Waals surface area contributed by atoms with Crippen molar-refractivity contribution in [3.63, 3.8) is 0 Å². The van der Waals surface area contributed by atoms with Crippen LogP contribution in [0.1, 0.15) is 11.1 Å². The first-order valence-corrected chi connectivity index (χ1v) is 9.08. The minimum atomic E-state index is 0.0304. The highest BCUT2D eigenvalue weighted by atomic mass is 127. The number of hydrogen-bond acceptors (Lipinski definition) is 3. The Morgan fingerprint density at radius 2 is 1.95 bits per heavy atom. The highest BCUT2D eigenvalue weighted by molar-refractivity contribution is 14.1. The van der Waals surface area contributed by atoms with Gasteiger partial charge in [-0.1, -0.05) is 12.1 Å². The number of aryl methyl sites for hydroxylation is 1. The van der Waals surface area contributed by atoms with Crippen LogP contribution in [0.4, 0.5) is 5.69 Å². The summed E-state index contributed by atoms with van der Waals surface area (Å²) in [4.78, 5) is 12.0. The summed E-state index contributed by atoms with van der Waals surface area (Å²) in [5.41, 5.74) is 3.15. The van der Waals surface area contributed by atoms with Crippen LogP contribution in [0.25, 0.3) is 0 Å². The van der Waals surface area contributed by atoms with Crippen LogP contribution in [0.5, 0.6) is 5.75 Å². The summed E-state index contributed by atoms with van der Waals surface area (Å²) >= 11 is 3.87. The van der Waals surface area contributed by atoms with Crippen LogP contribution < -0.4 is 10.1 Å². The molecule has 0 aromatic heterocycles. The predicted molar refractivity (Wildman–Crippen MR) is 102 cm³/mol. The molecule has 0 radical (unpaired) electrons. The monoisotopic (exact) mass is 427 g/mol. The number of ether oxygens (including phenoxy) is 1. The van der Waals surface area contributed by atoms with Gasteiger partial charge in [0.1, 0.15) is 5.75 Å². The fraction of sp³-hybridized carbons (Fsp3) is 0.235. The summed E-state index contributed by atoms with van der Waals surface area (Å²) in [5, 5.41) is 2.96. The van der Waals surface area contributed by atoms with Crippen molar-refractivity contribution in [2.75, 3.05) is 18.2 Å². The van der Waals surface area contributed by atoms with Gasteiger partial charge in [0.25, 0.3) is 0 Å². The van der Waals surface area contributed by atoms with E-state index < -0.39 is 0 Å². The van der Waals surface area contributed by atoms with Crippen LogP contribution in [0, 0.1) is 10.5 Å². The van der Waals surface area contributed by atoms with E-state index in [1.165, 1.54) is 9.13 Å². The lowest BCUT2D eigenvalue weighted by molar-refractivity contribution is -0.113. The van der Waals surface area contributed by atoms with Gasteiger partial charge in [-0.05, 0) is 71.0 Å². The van der Waals surface area contributed by atoms with Gasteiger partial charge in [-0.15, -0.1) is 11.8 Å². The number of nitrogens with one attached hydrogen (secondary N) is 1. The van der Waals surface area contributed by atoms with Crippen LogP contribution in [-0.4, -0.2) is 18.8 Å². The third-order valence-electron chi connectivity index (χ3n) is 3.12. The average molecular weight is 427 g/mol. The molecule has 1 amide bonds. The summed E-state index contributed by atoms with van der Waals surface area (Å²) in [7, 11) is 1.65. The number of benzene rings is 2. The number of rotatable bonds is 6. The minimum Gasteiger partial charge on any atom is -0.497 e. The summed E-state index contributed by atoms with van der Waals surface area (Å²) in [6.45, 7) is 2.00. The van der Waals surface area contributed by atoms with Crippen molar-refractivity contribution in [3.05, 3.63) is 57.2 Å². The molecular weight excluding hydrogens is 409 g/mol.